The molecule has 0 bridgehead atoms. The molecule has 0 aliphatic heterocycles. The van der Waals surface area contributed by atoms with E-state index in [1.807, 2.05) is 35.2 Å². The van der Waals surface area contributed by atoms with Gasteiger partial charge in [-0.25, -0.2) is 4.98 Å². The van der Waals surface area contributed by atoms with Crippen LogP contribution in [0.2, 0.25) is 0 Å². The highest BCUT2D eigenvalue weighted by atomic mass is 32.2. The second-order valence-electron chi connectivity index (χ2n) is 10.9. The highest BCUT2D eigenvalue weighted by molar-refractivity contribution is 7.85. The van der Waals surface area contributed by atoms with Crippen LogP contribution in [0.1, 0.15) is 25.0 Å². The van der Waals surface area contributed by atoms with Gasteiger partial charge >= 0.3 is 0 Å². The van der Waals surface area contributed by atoms with Crippen molar-refractivity contribution in [1.29, 1.82) is 5.26 Å². The van der Waals surface area contributed by atoms with Gasteiger partial charge in [0, 0.05) is 55.3 Å². The van der Waals surface area contributed by atoms with Gasteiger partial charge in [-0.3, -0.25) is 9.11 Å². The summed E-state index contributed by atoms with van der Waals surface area (Å²) >= 11 is 0. The first kappa shape index (κ1) is 38.3. The predicted octanol–water partition coefficient (Wildman–Crippen LogP) is 4.03. The van der Waals surface area contributed by atoms with Crippen molar-refractivity contribution >= 4 is 39.5 Å². The first-order valence-electron chi connectivity index (χ1n) is 15.5. The Labute approximate surface area is 283 Å². The Morgan fingerprint density at radius 2 is 1.71 bits per heavy atom. The molecule has 2 aromatic carbocycles. The second-order valence-corrected chi connectivity index (χ2v) is 12.4. The van der Waals surface area contributed by atoms with Crippen molar-refractivity contribution in [2.24, 2.45) is 10.2 Å². The molecule has 1 aromatic heterocycles. The van der Waals surface area contributed by atoms with Crippen LogP contribution in [0.15, 0.2) is 57.6 Å². The Hall–Kier alpha value is -4.17. The number of azo groups is 1. The highest BCUT2D eigenvalue weighted by Gasteiger charge is 2.21. The van der Waals surface area contributed by atoms with Crippen LogP contribution < -0.4 is 20.1 Å². The summed E-state index contributed by atoms with van der Waals surface area (Å²) < 4.78 is 30.0. The average molecular weight is 684 g/mol. The van der Waals surface area contributed by atoms with Crippen molar-refractivity contribution < 1.29 is 33.7 Å². The lowest BCUT2D eigenvalue weighted by Crippen LogP contribution is -2.38. The largest absolute Gasteiger partial charge is 0.495 e. The third kappa shape index (κ3) is 11.2. The van der Waals surface area contributed by atoms with Gasteiger partial charge in [0.05, 0.1) is 67.5 Å². The van der Waals surface area contributed by atoms with E-state index in [4.69, 9.17) is 19.3 Å². The number of rotatable bonds is 20. The topological polar surface area (TPSA) is 194 Å². The Morgan fingerprint density at radius 3 is 2.31 bits per heavy atom. The van der Waals surface area contributed by atoms with Crippen molar-refractivity contribution in [3.8, 4) is 17.6 Å². The van der Waals surface area contributed by atoms with Crippen molar-refractivity contribution in [3.63, 3.8) is 0 Å². The number of aliphatic hydroxyl groups excluding tert-OH is 3. The molecule has 0 aliphatic carbocycles. The summed E-state index contributed by atoms with van der Waals surface area (Å²) in [6.07, 6.45) is -1.21. The zero-order chi connectivity index (χ0) is 35.1. The summed E-state index contributed by atoms with van der Waals surface area (Å²) in [4.78, 5) is 6.94. The number of para-hydroxylation sites is 1. The van der Waals surface area contributed by atoms with Crippen LogP contribution in [0.5, 0.6) is 11.5 Å². The number of aromatic nitrogens is 1. The molecule has 3 atom stereocenters. The number of methoxy groups -OCH3 is 2. The first-order valence-corrected chi connectivity index (χ1v) is 16.8. The molecule has 0 spiro atoms. The average Bonchev–Trinajstić information content (AvgIpc) is 3.06. The molecule has 15 heteroatoms. The molecule has 1 heterocycles. The number of ether oxygens (including phenoxy) is 3. The summed E-state index contributed by atoms with van der Waals surface area (Å²) in [7, 11) is 1.42. The fraction of sp³-hybridized carbons (Fsp3) is 0.455. The molecule has 260 valence electrons. The van der Waals surface area contributed by atoms with E-state index < -0.39 is 23.0 Å². The number of pyridine rings is 1. The number of nitrogens with zero attached hydrogens (tertiary/aromatic N) is 5. The van der Waals surface area contributed by atoms with Gasteiger partial charge in [-0.2, -0.15) is 5.26 Å². The first-order chi connectivity index (χ1) is 23.1. The molecule has 5 N–H and O–H groups in total. The Morgan fingerprint density at radius 1 is 1.02 bits per heavy atom. The molecule has 0 saturated carbocycles. The minimum atomic E-state index is -1.51. The van der Waals surface area contributed by atoms with Crippen molar-refractivity contribution in [2.45, 2.75) is 37.9 Å². The molecular weight excluding hydrogens is 638 g/mol. The van der Waals surface area contributed by atoms with Gasteiger partial charge in [0.1, 0.15) is 34.8 Å². The molecule has 0 saturated heterocycles. The maximum Gasteiger partial charge on any atom is 0.161 e. The molecule has 48 heavy (non-hydrogen) atoms. The van der Waals surface area contributed by atoms with Crippen LogP contribution in [0.3, 0.4) is 0 Å². The van der Waals surface area contributed by atoms with Crippen LogP contribution in [0, 0.1) is 18.3 Å². The molecule has 0 amide bonds. The number of hydrogen-bond donors (Lipinski definition) is 5. The third-order valence-electron chi connectivity index (χ3n) is 6.94. The quantitative estimate of drug-likeness (QED) is 0.0849. The van der Waals surface area contributed by atoms with Gasteiger partial charge in [-0.05, 0) is 32.9 Å². The molecule has 0 fully saturated rings. The Balaban J connectivity index is 1.98. The van der Waals surface area contributed by atoms with Crippen LogP contribution in [0.4, 0.5) is 28.7 Å². The van der Waals surface area contributed by atoms with E-state index in [1.54, 1.807) is 32.9 Å². The number of anilines is 3. The summed E-state index contributed by atoms with van der Waals surface area (Å²) in [6.45, 7) is 6.90. The van der Waals surface area contributed by atoms with Crippen molar-refractivity contribution in [3.05, 3.63) is 53.6 Å². The highest BCUT2D eigenvalue weighted by Crippen LogP contribution is 2.40. The lowest BCUT2D eigenvalue weighted by Gasteiger charge is -2.24. The van der Waals surface area contributed by atoms with E-state index in [0.717, 1.165) is 5.69 Å². The minimum absolute atomic E-state index is 0.0860. The molecule has 3 unspecified atom stereocenters. The van der Waals surface area contributed by atoms with Crippen LogP contribution in [0.25, 0.3) is 0 Å². The third-order valence-corrected chi connectivity index (χ3v) is 8.31. The van der Waals surface area contributed by atoms with Gasteiger partial charge in [0.15, 0.2) is 5.82 Å². The van der Waals surface area contributed by atoms with Crippen molar-refractivity contribution in [2.75, 3.05) is 76.6 Å². The smallest absolute Gasteiger partial charge is 0.161 e. The number of nitrogens with one attached hydrogen (secondary N) is 2. The maximum atomic E-state index is 13.4. The number of benzene rings is 2. The lowest BCUT2D eigenvalue weighted by atomic mass is 10.1. The molecular formula is C33H45N7O7S. The van der Waals surface area contributed by atoms with Gasteiger partial charge in [-0.15, -0.1) is 10.2 Å². The summed E-state index contributed by atoms with van der Waals surface area (Å²) in [5.74, 6) is 1.54. The van der Waals surface area contributed by atoms with Gasteiger partial charge in [0.25, 0.3) is 0 Å². The van der Waals surface area contributed by atoms with E-state index >= 15 is 0 Å². The summed E-state index contributed by atoms with van der Waals surface area (Å²) in [6, 6.07) is 14.8. The number of aliphatic hydroxyl groups is 3. The van der Waals surface area contributed by atoms with E-state index in [0.29, 0.717) is 77.8 Å². The fourth-order valence-electron chi connectivity index (χ4n) is 4.77. The molecule has 3 aromatic rings. The van der Waals surface area contributed by atoms with Crippen LogP contribution in [-0.4, -0.2) is 108 Å². The van der Waals surface area contributed by atoms with Gasteiger partial charge in [-0.1, -0.05) is 18.2 Å². The maximum absolute atomic E-state index is 13.4. The van der Waals surface area contributed by atoms with E-state index in [9.17, 15) is 19.7 Å². The zero-order valence-corrected chi connectivity index (χ0v) is 28.8. The van der Waals surface area contributed by atoms with Gasteiger partial charge < -0.3 is 40.2 Å². The molecule has 0 radical (unpaired) electrons. The predicted molar refractivity (Wildman–Crippen MR) is 185 cm³/mol. The fourth-order valence-corrected chi connectivity index (χ4v) is 6.02. The van der Waals surface area contributed by atoms with Crippen LogP contribution in [-0.2, 0) is 15.5 Å². The Kier molecular flexibility index (Phi) is 15.6. The molecule has 14 nitrogen and oxygen atoms in total. The molecule has 3 rings (SSSR count). The van der Waals surface area contributed by atoms with Crippen LogP contribution >= 0.6 is 0 Å². The lowest BCUT2D eigenvalue weighted by molar-refractivity contribution is 0.0874. The summed E-state index contributed by atoms with van der Waals surface area (Å²) in [5, 5.41) is 54.1. The Bertz CT molecular complexity index is 1560. The van der Waals surface area contributed by atoms with Crippen molar-refractivity contribution in [1.82, 2.24) is 9.88 Å². The van der Waals surface area contributed by atoms with E-state index in [1.165, 1.54) is 14.2 Å². The molecule has 0 aliphatic rings. The summed E-state index contributed by atoms with van der Waals surface area (Å²) in [5.41, 5.74) is 2.17. The van der Waals surface area contributed by atoms with Gasteiger partial charge in [0.2, 0.25) is 0 Å². The van der Waals surface area contributed by atoms with E-state index in [2.05, 4.69) is 31.9 Å². The standard InChI is InChI=1S/C33H45N7O7S/c1-22(42)20-40(21-23(2)43)12-16-48(44)30-18-28(45-4)27(17-29(30)46-5)38-39-31-24(3)26(19-34)32(35-11-14-47-15-13-41)37-33(31)36-25-9-7-6-8-10-25/h6-10,17-18,22-23,41-43H,11-16,20-21H2,1-5H3,(H2,35,36,37). The zero-order valence-electron chi connectivity index (χ0n) is 28.0. The minimum Gasteiger partial charge on any atom is -0.495 e. The number of hydrogen-bond acceptors (Lipinski definition) is 14. The monoisotopic (exact) mass is 683 g/mol. The number of nitriles is 1. The van der Waals surface area contributed by atoms with E-state index in [-0.39, 0.29) is 24.5 Å². The SMILES string of the molecule is COc1cc(S(=O)CCN(CC(C)O)CC(C)O)c(OC)cc1N=Nc1c(Nc2ccccc2)nc(NCCOCCO)c(C#N)c1C. The second kappa shape index (κ2) is 19.6. The normalized spacial score (nSPS) is 13.2.